The van der Waals surface area contributed by atoms with Gasteiger partial charge in [-0.2, -0.15) is 0 Å². The quantitative estimate of drug-likeness (QED) is 0.784. The van der Waals surface area contributed by atoms with Crippen molar-refractivity contribution in [2.24, 2.45) is 5.73 Å². The minimum Gasteiger partial charge on any atom is -0.333 e. The summed E-state index contributed by atoms with van der Waals surface area (Å²) in [5.41, 5.74) is 6.09. The lowest BCUT2D eigenvalue weighted by Crippen LogP contribution is -2.47. The van der Waals surface area contributed by atoms with Crippen LogP contribution in [0.1, 0.15) is 29.8 Å². The van der Waals surface area contributed by atoms with Gasteiger partial charge in [-0.1, -0.05) is 0 Å². The van der Waals surface area contributed by atoms with Gasteiger partial charge < -0.3 is 10.6 Å². The zero-order chi connectivity index (χ0) is 11.4. The van der Waals surface area contributed by atoms with Crippen molar-refractivity contribution in [1.82, 2.24) is 14.9 Å². The number of piperidine rings is 1. The van der Waals surface area contributed by atoms with Crippen LogP contribution in [0.25, 0.3) is 0 Å². The Hall–Kier alpha value is -1.49. The molecule has 0 bridgehead atoms. The third-order valence-corrected chi connectivity index (χ3v) is 2.94. The molecule has 5 nitrogen and oxygen atoms in total. The first-order valence-electron chi connectivity index (χ1n) is 5.60. The van der Waals surface area contributed by atoms with E-state index in [9.17, 15) is 4.79 Å². The molecule has 2 N–H and O–H groups in total. The molecule has 1 amide bonds. The average molecular weight is 220 g/mol. The van der Waals surface area contributed by atoms with E-state index in [-0.39, 0.29) is 11.9 Å². The van der Waals surface area contributed by atoms with Crippen molar-refractivity contribution in [3.05, 3.63) is 24.3 Å². The van der Waals surface area contributed by atoms with Gasteiger partial charge in [-0.15, -0.1) is 0 Å². The van der Waals surface area contributed by atoms with Crippen molar-refractivity contribution >= 4 is 5.91 Å². The van der Waals surface area contributed by atoms with Gasteiger partial charge in [-0.05, 0) is 19.3 Å². The van der Waals surface area contributed by atoms with E-state index in [2.05, 4.69) is 9.97 Å². The summed E-state index contributed by atoms with van der Waals surface area (Å²) < 4.78 is 0. The number of nitrogens with two attached hydrogens (primary N) is 1. The Bertz CT molecular complexity index is 354. The maximum Gasteiger partial charge on any atom is 0.274 e. The molecular formula is C11H16N4O. The summed E-state index contributed by atoms with van der Waals surface area (Å²) in [5.74, 6) is -0.0525. The molecule has 86 valence electrons. The Kier molecular flexibility index (Phi) is 3.46. The van der Waals surface area contributed by atoms with Crippen LogP contribution in [0.2, 0.25) is 0 Å². The minimum absolute atomic E-state index is 0.0525. The van der Waals surface area contributed by atoms with Crippen molar-refractivity contribution in [2.45, 2.75) is 25.3 Å². The molecule has 0 saturated carbocycles. The third kappa shape index (κ3) is 2.19. The summed E-state index contributed by atoms with van der Waals surface area (Å²) in [5, 5.41) is 0. The van der Waals surface area contributed by atoms with E-state index >= 15 is 0 Å². The molecule has 16 heavy (non-hydrogen) atoms. The number of likely N-dealkylation sites (tertiary alicyclic amines) is 1. The zero-order valence-corrected chi connectivity index (χ0v) is 9.17. The van der Waals surface area contributed by atoms with Crippen LogP contribution < -0.4 is 5.73 Å². The van der Waals surface area contributed by atoms with E-state index < -0.39 is 0 Å². The molecule has 1 aromatic rings. The number of carbonyl (C=O) groups excluding carboxylic acids is 1. The van der Waals surface area contributed by atoms with Gasteiger partial charge in [-0.3, -0.25) is 9.78 Å². The molecule has 1 aliphatic heterocycles. The van der Waals surface area contributed by atoms with Crippen molar-refractivity contribution in [2.75, 3.05) is 13.1 Å². The fourth-order valence-corrected chi connectivity index (χ4v) is 2.07. The summed E-state index contributed by atoms with van der Waals surface area (Å²) in [6.45, 7) is 1.29. The van der Waals surface area contributed by atoms with Crippen molar-refractivity contribution in [3.63, 3.8) is 0 Å². The molecule has 0 radical (unpaired) electrons. The van der Waals surface area contributed by atoms with Crippen LogP contribution >= 0.6 is 0 Å². The van der Waals surface area contributed by atoms with Gasteiger partial charge in [0.1, 0.15) is 5.69 Å². The number of aromatic nitrogens is 2. The Morgan fingerprint density at radius 2 is 2.38 bits per heavy atom. The Balaban J connectivity index is 2.14. The summed E-state index contributed by atoms with van der Waals surface area (Å²) in [7, 11) is 0. The van der Waals surface area contributed by atoms with Crippen LogP contribution in [-0.2, 0) is 0 Å². The van der Waals surface area contributed by atoms with Gasteiger partial charge in [0.05, 0.1) is 6.20 Å². The first kappa shape index (κ1) is 11.0. The molecule has 1 atom stereocenters. The first-order chi connectivity index (χ1) is 7.83. The molecule has 1 aromatic heterocycles. The number of nitrogens with zero attached hydrogens (tertiary/aromatic N) is 3. The highest BCUT2D eigenvalue weighted by Crippen LogP contribution is 2.17. The average Bonchev–Trinajstić information content (AvgIpc) is 2.39. The van der Waals surface area contributed by atoms with E-state index in [0.717, 1.165) is 25.8 Å². The Labute approximate surface area is 94.7 Å². The number of hydrogen-bond acceptors (Lipinski definition) is 4. The van der Waals surface area contributed by atoms with Crippen molar-refractivity contribution in [3.8, 4) is 0 Å². The lowest BCUT2D eigenvalue weighted by Gasteiger charge is -2.34. The largest absolute Gasteiger partial charge is 0.333 e. The van der Waals surface area contributed by atoms with Gasteiger partial charge in [0, 0.05) is 31.5 Å². The van der Waals surface area contributed by atoms with Gasteiger partial charge in [0.25, 0.3) is 5.91 Å². The molecule has 0 aromatic carbocycles. The van der Waals surface area contributed by atoms with E-state index in [4.69, 9.17) is 5.73 Å². The standard InChI is InChI=1S/C11H16N4O/c12-7-9-3-1-2-6-15(9)11(16)10-8-13-4-5-14-10/h4-5,8-9H,1-3,6-7,12H2. The molecule has 1 aliphatic rings. The number of rotatable bonds is 2. The van der Waals surface area contributed by atoms with Crippen LogP contribution in [0.3, 0.4) is 0 Å². The molecule has 1 fully saturated rings. The molecule has 1 unspecified atom stereocenters. The Morgan fingerprint density at radius 1 is 1.50 bits per heavy atom. The molecule has 1 saturated heterocycles. The SMILES string of the molecule is NCC1CCCCN1C(=O)c1cnccn1. The molecule has 0 aliphatic carbocycles. The van der Waals surface area contributed by atoms with Crippen LogP contribution in [0.4, 0.5) is 0 Å². The first-order valence-corrected chi connectivity index (χ1v) is 5.60. The van der Waals surface area contributed by atoms with Crippen molar-refractivity contribution < 1.29 is 4.79 Å². The van der Waals surface area contributed by atoms with Crippen LogP contribution in [0.5, 0.6) is 0 Å². The fraction of sp³-hybridized carbons (Fsp3) is 0.545. The summed E-state index contributed by atoms with van der Waals surface area (Å²) >= 11 is 0. The second-order valence-electron chi connectivity index (χ2n) is 3.97. The monoisotopic (exact) mass is 220 g/mol. The second-order valence-corrected chi connectivity index (χ2v) is 3.97. The predicted molar refractivity (Wildman–Crippen MR) is 59.8 cm³/mol. The van der Waals surface area contributed by atoms with Crippen LogP contribution in [0, 0.1) is 0 Å². The lowest BCUT2D eigenvalue weighted by atomic mass is 10.0. The number of carbonyl (C=O) groups is 1. The zero-order valence-electron chi connectivity index (χ0n) is 9.17. The highest BCUT2D eigenvalue weighted by molar-refractivity contribution is 5.92. The van der Waals surface area contributed by atoms with Crippen molar-refractivity contribution in [1.29, 1.82) is 0 Å². The second kappa shape index (κ2) is 5.03. The van der Waals surface area contributed by atoms with E-state index in [0.29, 0.717) is 12.2 Å². The minimum atomic E-state index is -0.0525. The van der Waals surface area contributed by atoms with Crippen LogP contribution in [0.15, 0.2) is 18.6 Å². The predicted octanol–water partition coefficient (Wildman–Crippen LogP) is 0.430. The highest BCUT2D eigenvalue weighted by Gasteiger charge is 2.26. The summed E-state index contributed by atoms with van der Waals surface area (Å²) in [6, 6.07) is 0.156. The molecule has 0 spiro atoms. The van der Waals surface area contributed by atoms with Crippen LogP contribution in [-0.4, -0.2) is 39.9 Å². The normalized spacial score (nSPS) is 20.8. The maximum absolute atomic E-state index is 12.1. The number of amides is 1. The summed E-state index contributed by atoms with van der Waals surface area (Å²) in [4.78, 5) is 21.9. The molecule has 2 rings (SSSR count). The number of hydrogen-bond donors (Lipinski definition) is 1. The lowest BCUT2D eigenvalue weighted by molar-refractivity contribution is 0.0617. The third-order valence-electron chi connectivity index (χ3n) is 2.94. The smallest absolute Gasteiger partial charge is 0.274 e. The van der Waals surface area contributed by atoms with E-state index in [1.807, 2.05) is 4.90 Å². The van der Waals surface area contributed by atoms with E-state index in [1.165, 1.54) is 12.4 Å². The topological polar surface area (TPSA) is 72.1 Å². The highest BCUT2D eigenvalue weighted by atomic mass is 16.2. The van der Waals surface area contributed by atoms with Gasteiger partial charge >= 0.3 is 0 Å². The van der Waals surface area contributed by atoms with Gasteiger partial charge in [0.2, 0.25) is 0 Å². The molecule has 5 heteroatoms. The van der Waals surface area contributed by atoms with Gasteiger partial charge in [-0.25, -0.2) is 4.98 Å². The van der Waals surface area contributed by atoms with Gasteiger partial charge in [0.15, 0.2) is 0 Å². The van der Waals surface area contributed by atoms with E-state index in [1.54, 1.807) is 6.20 Å². The Morgan fingerprint density at radius 3 is 3.06 bits per heavy atom. The fourth-order valence-electron chi connectivity index (χ4n) is 2.07. The maximum atomic E-state index is 12.1. The molecular weight excluding hydrogens is 204 g/mol. The summed E-state index contributed by atoms with van der Waals surface area (Å²) in [6.07, 6.45) is 7.78. The molecule has 2 heterocycles.